The van der Waals surface area contributed by atoms with E-state index in [9.17, 15) is 5.11 Å². The van der Waals surface area contributed by atoms with E-state index in [1.165, 1.54) is 0 Å². The molecule has 7 nitrogen and oxygen atoms in total. The number of halogens is 2. The maximum atomic E-state index is 10.7. The van der Waals surface area contributed by atoms with Crippen molar-refractivity contribution in [3.63, 3.8) is 0 Å². The number of morpholine rings is 1. The summed E-state index contributed by atoms with van der Waals surface area (Å²) in [6.45, 7) is 9.35. The summed E-state index contributed by atoms with van der Waals surface area (Å²) in [7, 11) is 1.65. The van der Waals surface area contributed by atoms with Crippen molar-refractivity contribution < 1.29 is 14.6 Å². The minimum atomic E-state index is -0.851. The first-order valence-electron chi connectivity index (χ1n) is 9.30. The smallest absolute Gasteiger partial charge is 0.191 e. The van der Waals surface area contributed by atoms with Crippen LogP contribution in [0.5, 0.6) is 5.75 Å². The molecule has 1 saturated heterocycles. The topological polar surface area (TPSA) is 78.4 Å². The lowest BCUT2D eigenvalue weighted by atomic mass is 10.1. The zero-order valence-electron chi connectivity index (χ0n) is 16.8. The van der Waals surface area contributed by atoms with Gasteiger partial charge < -0.3 is 25.2 Å². The van der Waals surface area contributed by atoms with Gasteiger partial charge in [-0.2, -0.15) is 0 Å². The first-order valence-corrected chi connectivity index (χ1v) is 10.1. The molecule has 0 spiro atoms. The fraction of sp³-hybridized carbons (Fsp3) is 0.632. The van der Waals surface area contributed by atoms with Crippen molar-refractivity contribution >= 4 is 45.9 Å². The highest BCUT2D eigenvalue weighted by molar-refractivity contribution is 14.0. The Morgan fingerprint density at radius 3 is 2.68 bits per heavy atom. The number of hydrogen-bond donors (Lipinski definition) is 3. The van der Waals surface area contributed by atoms with E-state index in [0.717, 1.165) is 48.6 Å². The predicted octanol–water partition coefficient (Wildman–Crippen LogP) is 2.21. The third-order valence-corrected chi connectivity index (χ3v) is 4.90. The fourth-order valence-corrected chi connectivity index (χ4v) is 3.48. The van der Waals surface area contributed by atoms with Crippen LogP contribution in [-0.2, 0) is 11.3 Å². The number of methoxy groups -OCH3 is 1. The van der Waals surface area contributed by atoms with Crippen molar-refractivity contribution in [3.8, 4) is 5.75 Å². The third kappa shape index (κ3) is 8.81. The fourth-order valence-electron chi connectivity index (χ4n) is 2.89. The van der Waals surface area contributed by atoms with Crippen LogP contribution in [0.2, 0.25) is 0 Å². The number of guanidine groups is 1. The maximum absolute atomic E-state index is 10.7. The van der Waals surface area contributed by atoms with Crippen LogP contribution in [-0.4, -0.2) is 74.6 Å². The number of β-amino-alcohol motifs (C(OH)–C–C–N with tert-alkyl or cyclic N) is 1. The van der Waals surface area contributed by atoms with Gasteiger partial charge >= 0.3 is 0 Å². The molecule has 28 heavy (non-hydrogen) atoms. The molecule has 3 N–H and O–H groups in total. The van der Waals surface area contributed by atoms with E-state index in [4.69, 9.17) is 9.47 Å². The van der Waals surface area contributed by atoms with Crippen molar-refractivity contribution in [1.82, 2.24) is 15.5 Å². The molecule has 1 aliphatic heterocycles. The van der Waals surface area contributed by atoms with E-state index in [-0.39, 0.29) is 24.0 Å². The van der Waals surface area contributed by atoms with Gasteiger partial charge in [-0.15, -0.1) is 24.0 Å². The second kappa shape index (κ2) is 12.8. The molecular formula is C19H32BrIN4O3. The monoisotopic (exact) mass is 570 g/mol. The van der Waals surface area contributed by atoms with Gasteiger partial charge in [0.2, 0.25) is 0 Å². The van der Waals surface area contributed by atoms with Crippen LogP contribution < -0.4 is 15.4 Å². The summed E-state index contributed by atoms with van der Waals surface area (Å²) in [5.41, 5.74) is 0.219. The standard InChI is InChI=1S/C19H31BrN4O3.HI/c1-4-21-18(22-12-15-5-6-17(26-3)16(20)11-15)23-13-19(2,25)14-24-7-9-27-10-8-24;/h5-6,11,25H,4,7-10,12-14H2,1-3H3,(H2,21,22,23);1H. The van der Waals surface area contributed by atoms with Gasteiger partial charge in [-0.25, -0.2) is 4.99 Å². The van der Waals surface area contributed by atoms with Crippen molar-refractivity contribution in [1.29, 1.82) is 0 Å². The summed E-state index contributed by atoms with van der Waals surface area (Å²) in [5, 5.41) is 17.2. The van der Waals surface area contributed by atoms with Crippen molar-refractivity contribution in [3.05, 3.63) is 28.2 Å². The Labute approximate surface area is 193 Å². The molecule has 1 unspecified atom stereocenters. The summed E-state index contributed by atoms with van der Waals surface area (Å²) in [6, 6.07) is 5.91. The van der Waals surface area contributed by atoms with E-state index in [1.807, 2.05) is 32.0 Å². The van der Waals surface area contributed by atoms with Crippen LogP contribution in [0.1, 0.15) is 19.4 Å². The van der Waals surface area contributed by atoms with Crippen molar-refractivity contribution in [2.24, 2.45) is 4.99 Å². The Balaban J connectivity index is 0.00000392. The average Bonchev–Trinajstić information content (AvgIpc) is 2.64. The number of aliphatic hydroxyl groups is 1. The summed E-state index contributed by atoms with van der Waals surface area (Å²) < 4.78 is 11.5. The molecule has 1 aliphatic rings. The highest BCUT2D eigenvalue weighted by Crippen LogP contribution is 2.25. The molecule has 2 rings (SSSR count). The van der Waals surface area contributed by atoms with Crippen LogP contribution in [0.15, 0.2) is 27.7 Å². The molecule has 0 radical (unpaired) electrons. The van der Waals surface area contributed by atoms with Crippen LogP contribution >= 0.6 is 39.9 Å². The van der Waals surface area contributed by atoms with Gasteiger partial charge in [-0.1, -0.05) is 6.07 Å². The molecule has 0 bridgehead atoms. The number of benzene rings is 1. The molecule has 9 heteroatoms. The Bertz CT molecular complexity index is 625. The lowest BCUT2D eigenvalue weighted by molar-refractivity contribution is -0.0201. The highest BCUT2D eigenvalue weighted by atomic mass is 127. The molecule has 160 valence electrons. The lowest BCUT2D eigenvalue weighted by Gasteiger charge is -2.34. The number of nitrogens with one attached hydrogen (secondary N) is 2. The molecule has 0 amide bonds. The summed E-state index contributed by atoms with van der Waals surface area (Å²) in [5.74, 6) is 1.48. The van der Waals surface area contributed by atoms with Gasteiger partial charge in [0.25, 0.3) is 0 Å². The summed E-state index contributed by atoms with van der Waals surface area (Å²) in [4.78, 5) is 6.84. The summed E-state index contributed by atoms with van der Waals surface area (Å²) >= 11 is 3.50. The number of aliphatic imine (C=N–C) groups is 1. The second-order valence-electron chi connectivity index (χ2n) is 6.90. The van der Waals surface area contributed by atoms with Crippen LogP contribution in [0, 0.1) is 0 Å². The zero-order valence-corrected chi connectivity index (χ0v) is 20.7. The molecule has 1 aromatic rings. The molecule has 1 aromatic carbocycles. The summed E-state index contributed by atoms with van der Waals surface area (Å²) in [6.07, 6.45) is 0. The molecule has 0 aromatic heterocycles. The Morgan fingerprint density at radius 2 is 2.07 bits per heavy atom. The normalized spacial score (nSPS) is 17.4. The van der Waals surface area contributed by atoms with Crippen LogP contribution in [0.25, 0.3) is 0 Å². The Morgan fingerprint density at radius 1 is 1.36 bits per heavy atom. The van der Waals surface area contributed by atoms with Gasteiger partial charge in [0.1, 0.15) is 5.75 Å². The van der Waals surface area contributed by atoms with E-state index < -0.39 is 5.60 Å². The van der Waals surface area contributed by atoms with Gasteiger partial charge in [-0.3, -0.25) is 4.90 Å². The van der Waals surface area contributed by atoms with Gasteiger partial charge in [-0.05, 0) is 47.5 Å². The Hall–Kier alpha value is -0.620. The molecule has 0 aliphatic carbocycles. The SMILES string of the molecule is CCNC(=NCc1ccc(OC)c(Br)c1)NCC(C)(O)CN1CCOCC1.I. The van der Waals surface area contributed by atoms with Gasteiger partial charge in [0, 0.05) is 32.7 Å². The zero-order chi connectivity index (χ0) is 19.7. The first kappa shape index (κ1) is 25.4. The van der Waals surface area contributed by atoms with E-state index in [2.05, 4.69) is 36.5 Å². The lowest BCUT2D eigenvalue weighted by Crippen LogP contribution is -2.52. The van der Waals surface area contributed by atoms with E-state index in [0.29, 0.717) is 25.6 Å². The number of rotatable bonds is 8. The molecule has 0 saturated carbocycles. The van der Waals surface area contributed by atoms with Crippen LogP contribution in [0.3, 0.4) is 0 Å². The molecular weight excluding hydrogens is 539 g/mol. The second-order valence-corrected chi connectivity index (χ2v) is 7.76. The van der Waals surface area contributed by atoms with Gasteiger partial charge in [0.15, 0.2) is 5.96 Å². The average molecular weight is 571 g/mol. The number of nitrogens with zero attached hydrogens (tertiary/aromatic N) is 2. The van der Waals surface area contributed by atoms with E-state index in [1.54, 1.807) is 7.11 Å². The van der Waals surface area contributed by atoms with Crippen molar-refractivity contribution in [2.45, 2.75) is 26.0 Å². The minimum absolute atomic E-state index is 0. The highest BCUT2D eigenvalue weighted by Gasteiger charge is 2.25. The van der Waals surface area contributed by atoms with Crippen LogP contribution in [0.4, 0.5) is 0 Å². The first-order chi connectivity index (χ1) is 12.9. The van der Waals surface area contributed by atoms with Gasteiger partial charge in [0.05, 0.1) is 36.9 Å². The molecule has 1 fully saturated rings. The van der Waals surface area contributed by atoms with E-state index >= 15 is 0 Å². The molecule has 1 heterocycles. The third-order valence-electron chi connectivity index (χ3n) is 4.28. The molecule has 1 atom stereocenters. The largest absolute Gasteiger partial charge is 0.496 e. The predicted molar refractivity (Wildman–Crippen MR) is 127 cm³/mol. The number of ether oxygens (including phenoxy) is 2. The number of hydrogen-bond acceptors (Lipinski definition) is 5. The minimum Gasteiger partial charge on any atom is -0.496 e. The Kier molecular flexibility index (Phi) is 11.7. The van der Waals surface area contributed by atoms with Crippen molar-refractivity contribution in [2.75, 3.05) is 53.0 Å². The maximum Gasteiger partial charge on any atom is 0.191 e. The quantitative estimate of drug-likeness (QED) is 0.253.